The molecule has 3 rings (SSSR count). The number of fused-ring (bicyclic) bond motifs is 3. The molecule has 0 saturated carbocycles. The van der Waals surface area contributed by atoms with Gasteiger partial charge in [0.2, 0.25) is 11.8 Å². The monoisotopic (exact) mass is 455 g/mol. The summed E-state index contributed by atoms with van der Waals surface area (Å²) >= 11 is 4.18. The Morgan fingerprint density at radius 1 is 0.969 bits per heavy atom. The number of carbonyl (C=O) groups excluding carboxylic acids is 3. The van der Waals surface area contributed by atoms with Gasteiger partial charge in [0, 0.05) is 24.6 Å². The van der Waals surface area contributed by atoms with Crippen LogP contribution >= 0.6 is 12.6 Å². The summed E-state index contributed by atoms with van der Waals surface area (Å²) in [6, 6.07) is 15.4. The van der Waals surface area contributed by atoms with Crippen molar-refractivity contribution in [1.82, 2.24) is 10.6 Å². The summed E-state index contributed by atoms with van der Waals surface area (Å²) in [6.45, 7) is 0.634. The predicted octanol–water partition coefficient (Wildman–Crippen LogP) is 2.99. The van der Waals surface area contributed by atoms with E-state index in [1.54, 1.807) is 0 Å². The number of unbranched alkanes of at least 4 members (excludes halogenated alkanes) is 2. The molecule has 8 heteroatoms. The van der Waals surface area contributed by atoms with Gasteiger partial charge in [-0.3, -0.25) is 9.59 Å². The number of hydrogen-bond acceptors (Lipinski definition) is 5. The number of thiol groups is 1. The van der Waals surface area contributed by atoms with Crippen molar-refractivity contribution >= 4 is 30.5 Å². The highest BCUT2D eigenvalue weighted by Gasteiger charge is 2.29. The molecule has 0 aliphatic heterocycles. The van der Waals surface area contributed by atoms with E-state index in [-0.39, 0.29) is 30.1 Å². The smallest absolute Gasteiger partial charge is 0.407 e. The van der Waals surface area contributed by atoms with E-state index < -0.39 is 12.1 Å². The first-order chi connectivity index (χ1) is 15.5. The van der Waals surface area contributed by atoms with E-state index >= 15 is 0 Å². The molecule has 0 spiro atoms. The van der Waals surface area contributed by atoms with Gasteiger partial charge in [-0.25, -0.2) is 4.79 Å². The van der Waals surface area contributed by atoms with Crippen LogP contribution in [0.1, 0.15) is 42.7 Å². The highest BCUT2D eigenvalue weighted by molar-refractivity contribution is 7.80. The SMILES string of the molecule is NC(=O)CCCCCNC(=O)C(CS)NC(=O)OCC1c2ccccc2-c2ccccc21. The van der Waals surface area contributed by atoms with Crippen LogP contribution in [0.5, 0.6) is 0 Å². The fourth-order valence-electron chi connectivity index (χ4n) is 3.91. The molecule has 32 heavy (non-hydrogen) atoms. The Hall–Kier alpha value is -3.00. The van der Waals surface area contributed by atoms with Crippen LogP contribution in [0.15, 0.2) is 48.5 Å². The summed E-state index contributed by atoms with van der Waals surface area (Å²) < 4.78 is 5.49. The highest BCUT2D eigenvalue weighted by Crippen LogP contribution is 2.44. The third kappa shape index (κ3) is 6.03. The molecular weight excluding hydrogens is 426 g/mol. The molecule has 0 aromatic heterocycles. The van der Waals surface area contributed by atoms with E-state index in [4.69, 9.17) is 10.5 Å². The zero-order valence-corrected chi connectivity index (χ0v) is 18.8. The molecule has 2 aromatic rings. The minimum absolute atomic E-state index is 0.0446. The maximum Gasteiger partial charge on any atom is 0.407 e. The second-order valence-electron chi connectivity index (χ2n) is 7.77. The molecule has 7 nitrogen and oxygen atoms in total. The van der Waals surface area contributed by atoms with Crippen molar-refractivity contribution in [3.63, 3.8) is 0 Å². The molecule has 170 valence electrons. The van der Waals surface area contributed by atoms with Gasteiger partial charge >= 0.3 is 6.09 Å². The van der Waals surface area contributed by atoms with Crippen molar-refractivity contribution in [2.24, 2.45) is 5.73 Å². The number of rotatable bonds is 11. The Morgan fingerprint density at radius 3 is 2.19 bits per heavy atom. The largest absolute Gasteiger partial charge is 0.449 e. The standard InChI is InChI=1S/C24H29N3O4S/c25-22(28)12-2-1-7-13-26-23(29)21(15-32)27-24(30)31-14-20-18-10-5-3-8-16(18)17-9-4-6-11-19(17)20/h3-6,8-11,20-21,32H,1-2,7,12-15H2,(H2,25,28)(H,26,29)(H,27,30). The summed E-state index contributed by atoms with van der Waals surface area (Å²) in [5.74, 6) is -0.533. The quantitative estimate of drug-likeness (QED) is 0.308. The maximum absolute atomic E-state index is 12.4. The van der Waals surface area contributed by atoms with Crippen LogP contribution in [-0.4, -0.2) is 42.9 Å². The molecule has 2 aromatic carbocycles. The van der Waals surface area contributed by atoms with Crippen molar-refractivity contribution in [2.45, 2.75) is 37.6 Å². The van der Waals surface area contributed by atoms with Crippen molar-refractivity contribution < 1.29 is 19.1 Å². The first kappa shape index (κ1) is 23.7. The maximum atomic E-state index is 12.4. The Bertz CT molecular complexity index is 920. The van der Waals surface area contributed by atoms with Crippen molar-refractivity contribution in [3.05, 3.63) is 59.7 Å². The predicted molar refractivity (Wildman–Crippen MR) is 127 cm³/mol. The van der Waals surface area contributed by atoms with E-state index in [2.05, 4.69) is 47.5 Å². The molecule has 1 aliphatic carbocycles. The average Bonchev–Trinajstić information content (AvgIpc) is 3.11. The number of hydrogen-bond donors (Lipinski definition) is 4. The van der Waals surface area contributed by atoms with Crippen molar-refractivity contribution in [3.8, 4) is 11.1 Å². The minimum atomic E-state index is -0.792. The van der Waals surface area contributed by atoms with Crippen LogP contribution in [-0.2, 0) is 14.3 Å². The summed E-state index contributed by atoms with van der Waals surface area (Å²) in [4.78, 5) is 35.4. The average molecular weight is 456 g/mol. The molecule has 0 bridgehead atoms. The third-order valence-electron chi connectivity index (χ3n) is 5.53. The van der Waals surface area contributed by atoms with Gasteiger partial charge in [0.25, 0.3) is 0 Å². The normalized spacial score (nSPS) is 13.0. The fraction of sp³-hybridized carbons (Fsp3) is 0.375. The molecular formula is C24H29N3O4S. The van der Waals surface area contributed by atoms with Crippen molar-refractivity contribution in [2.75, 3.05) is 18.9 Å². The molecule has 0 radical (unpaired) electrons. The topological polar surface area (TPSA) is 111 Å². The Morgan fingerprint density at radius 2 is 1.59 bits per heavy atom. The molecule has 0 saturated heterocycles. The van der Waals surface area contributed by atoms with E-state index in [0.29, 0.717) is 19.4 Å². The number of amides is 3. The summed E-state index contributed by atoms with van der Waals surface area (Å²) in [7, 11) is 0. The second-order valence-corrected chi connectivity index (χ2v) is 8.14. The molecule has 0 heterocycles. The highest BCUT2D eigenvalue weighted by atomic mass is 32.1. The number of nitrogens with two attached hydrogens (primary N) is 1. The number of carbonyl (C=O) groups is 3. The summed E-state index contributed by atoms with van der Waals surface area (Å²) in [6.07, 6.45) is 1.90. The summed E-state index contributed by atoms with van der Waals surface area (Å²) in [5.41, 5.74) is 9.66. The molecule has 0 fully saturated rings. The molecule has 3 amide bonds. The lowest BCUT2D eigenvalue weighted by molar-refractivity contribution is -0.122. The lowest BCUT2D eigenvalue weighted by Gasteiger charge is -2.18. The minimum Gasteiger partial charge on any atom is -0.449 e. The van der Waals surface area contributed by atoms with Crippen LogP contribution < -0.4 is 16.4 Å². The van der Waals surface area contributed by atoms with Gasteiger partial charge in [0.15, 0.2) is 0 Å². The van der Waals surface area contributed by atoms with Crippen LogP contribution in [0.4, 0.5) is 4.79 Å². The first-order valence-corrected chi connectivity index (χ1v) is 11.4. The van der Waals surface area contributed by atoms with E-state index in [1.807, 2.05) is 24.3 Å². The van der Waals surface area contributed by atoms with Crippen LogP contribution in [0.2, 0.25) is 0 Å². The molecule has 4 N–H and O–H groups in total. The molecule has 1 aliphatic rings. The first-order valence-electron chi connectivity index (χ1n) is 10.8. The molecule has 1 atom stereocenters. The fourth-order valence-corrected chi connectivity index (χ4v) is 4.17. The Labute approximate surface area is 193 Å². The van der Waals surface area contributed by atoms with Gasteiger partial charge in [-0.2, -0.15) is 12.6 Å². The number of alkyl carbamates (subject to hydrolysis) is 1. The lowest BCUT2D eigenvalue weighted by atomic mass is 9.98. The Balaban J connectivity index is 1.47. The van der Waals surface area contributed by atoms with Crippen LogP contribution in [0.3, 0.4) is 0 Å². The van der Waals surface area contributed by atoms with Gasteiger partial charge in [-0.1, -0.05) is 55.0 Å². The zero-order chi connectivity index (χ0) is 22.9. The van der Waals surface area contributed by atoms with Crippen molar-refractivity contribution in [1.29, 1.82) is 0 Å². The Kier molecular flexibility index (Phi) is 8.56. The van der Waals surface area contributed by atoms with Gasteiger partial charge in [-0.05, 0) is 35.1 Å². The zero-order valence-electron chi connectivity index (χ0n) is 17.9. The van der Waals surface area contributed by atoms with Crippen LogP contribution in [0, 0.1) is 0 Å². The van der Waals surface area contributed by atoms with Gasteiger partial charge in [-0.15, -0.1) is 0 Å². The van der Waals surface area contributed by atoms with E-state index in [9.17, 15) is 14.4 Å². The van der Waals surface area contributed by atoms with Gasteiger partial charge in [0.05, 0.1) is 0 Å². The number of nitrogens with one attached hydrogen (secondary N) is 2. The van der Waals surface area contributed by atoms with E-state index in [0.717, 1.165) is 35.1 Å². The van der Waals surface area contributed by atoms with Gasteiger partial charge < -0.3 is 21.1 Å². The number of benzene rings is 2. The van der Waals surface area contributed by atoms with Gasteiger partial charge in [0.1, 0.15) is 12.6 Å². The van der Waals surface area contributed by atoms with Crippen LogP contribution in [0.25, 0.3) is 11.1 Å². The number of primary amides is 1. The second kappa shape index (κ2) is 11.6. The lowest BCUT2D eigenvalue weighted by Crippen LogP contribution is -2.48. The molecule has 1 unspecified atom stereocenters. The third-order valence-corrected chi connectivity index (χ3v) is 5.90. The van der Waals surface area contributed by atoms with E-state index in [1.165, 1.54) is 0 Å². The summed E-state index contributed by atoms with van der Waals surface area (Å²) in [5, 5.41) is 5.37. The number of ether oxygens (including phenoxy) is 1.